The van der Waals surface area contributed by atoms with Gasteiger partial charge in [0.1, 0.15) is 25.7 Å². The van der Waals surface area contributed by atoms with Gasteiger partial charge in [-0.25, -0.2) is 27.8 Å². The van der Waals surface area contributed by atoms with Crippen LogP contribution in [0.3, 0.4) is 0 Å². The van der Waals surface area contributed by atoms with Gasteiger partial charge in [0.15, 0.2) is 0 Å². The van der Waals surface area contributed by atoms with Crippen LogP contribution in [-0.4, -0.2) is 86.3 Å². The zero-order valence-corrected chi connectivity index (χ0v) is 29.4. The molecule has 0 aliphatic heterocycles. The summed E-state index contributed by atoms with van der Waals surface area (Å²) in [6, 6.07) is 0. The molecule has 0 saturated carbocycles. The van der Waals surface area contributed by atoms with Gasteiger partial charge in [-0.05, 0) is 27.7 Å². The predicted octanol–water partition coefficient (Wildman–Crippen LogP) is -1.36. The third-order valence-corrected chi connectivity index (χ3v) is 10.9. The SMILES string of the molecule is Cc1cn(CO[C@H](CO)[C@@H](C)OP(=O)(O)OC[C@@H](OCn2cc(C)c(=O)[nH]c2=O)[C@@H](C)OP(=O)(O)OP(=O)(O)OP(=O)(O)O)c(=O)[nH]c1=O. The number of aliphatic hydroxyl groups is 1. The van der Waals surface area contributed by atoms with Crippen LogP contribution in [-0.2, 0) is 63.4 Å². The number of aryl methyl sites for hydroxylation is 2. The fourth-order valence-electron chi connectivity index (χ4n) is 3.49. The van der Waals surface area contributed by atoms with E-state index >= 15 is 0 Å². The van der Waals surface area contributed by atoms with Crippen molar-refractivity contribution in [3.63, 3.8) is 0 Å². The molecule has 0 aromatic carbocycles. The highest BCUT2D eigenvalue weighted by Crippen LogP contribution is 2.66. The average Bonchev–Trinajstić information content (AvgIpc) is 2.91. The molecule has 2 heterocycles. The number of nitrogens with one attached hydrogen (secondary N) is 2. The number of ether oxygens (including phenoxy) is 2. The summed E-state index contributed by atoms with van der Waals surface area (Å²) < 4.78 is 82.1. The highest BCUT2D eigenvalue weighted by Gasteiger charge is 2.43. The number of phosphoric acid groups is 4. The zero-order chi connectivity index (χ0) is 37.5. The highest BCUT2D eigenvalue weighted by molar-refractivity contribution is 7.66. The van der Waals surface area contributed by atoms with Crippen molar-refractivity contribution in [1.82, 2.24) is 19.1 Å². The molecule has 0 spiro atoms. The van der Waals surface area contributed by atoms with Crippen LogP contribution in [0.2, 0.25) is 0 Å². The molecule has 0 bridgehead atoms. The summed E-state index contributed by atoms with van der Waals surface area (Å²) in [6.07, 6.45) is -4.21. The molecule has 2 rings (SSSR count). The van der Waals surface area contributed by atoms with Crippen LogP contribution in [0.25, 0.3) is 0 Å². The van der Waals surface area contributed by atoms with Crippen LogP contribution >= 0.6 is 31.3 Å². The Hall–Kier alpha value is -2.24. The molecular weight excluding hydrogens is 756 g/mol. The van der Waals surface area contributed by atoms with Crippen molar-refractivity contribution in [3.8, 4) is 0 Å². The van der Waals surface area contributed by atoms with Gasteiger partial charge < -0.3 is 39.0 Å². The summed E-state index contributed by atoms with van der Waals surface area (Å²) in [4.78, 5) is 98.4. The summed E-state index contributed by atoms with van der Waals surface area (Å²) in [7, 11) is -22.6. The van der Waals surface area contributed by atoms with Crippen molar-refractivity contribution in [3.05, 3.63) is 65.2 Å². The second-order valence-corrected chi connectivity index (χ2v) is 15.7. The molecule has 0 aliphatic rings. The lowest BCUT2D eigenvalue weighted by atomic mass is 10.2. The molecule has 2 aromatic rings. The van der Waals surface area contributed by atoms with E-state index in [9.17, 15) is 57.2 Å². The average molecular weight is 790 g/mol. The molecule has 49 heavy (non-hydrogen) atoms. The maximum Gasteiger partial charge on any atom is 0.490 e. The van der Waals surface area contributed by atoms with Crippen molar-refractivity contribution >= 4 is 31.3 Å². The first kappa shape index (κ1) is 42.9. The van der Waals surface area contributed by atoms with Crippen molar-refractivity contribution in [2.24, 2.45) is 0 Å². The summed E-state index contributed by atoms with van der Waals surface area (Å²) in [5, 5.41) is 9.72. The third kappa shape index (κ3) is 14.5. The molecule has 7 atom stereocenters. The van der Waals surface area contributed by atoms with Crippen molar-refractivity contribution in [2.45, 2.75) is 65.6 Å². The molecule has 3 unspecified atom stereocenters. The van der Waals surface area contributed by atoms with Gasteiger partial charge in [-0.1, -0.05) is 0 Å². The molecule has 8 N–H and O–H groups in total. The molecule has 0 fully saturated rings. The number of aromatic amines is 2. The van der Waals surface area contributed by atoms with Crippen LogP contribution in [0.5, 0.6) is 0 Å². The molecule has 280 valence electrons. The van der Waals surface area contributed by atoms with E-state index in [-0.39, 0.29) is 11.1 Å². The Labute approximate surface area is 274 Å². The number of H-pyrrole nitrogens is 2. The number of nitrogens with zero attached hydrogens (tertiary/aromatic N) is 2. The van der Waals surface area contributed by atoms with Gasteiger partial charge in [0.2, 0.25) is 0 Å². The van der Waals surface area contributed by atoms with Gasteiger partial charge in [0.05, 0.1) is 25.4 Å². The van der Waals surface area contributed by atoms with Gasteiger partial charge >= 0.3 is 42.7 Å². The minimum absolute atomic E-state index is 0.0424. The Morgan fingerprint density at radius 2 is 1.12 bits per heavy atom. The molecule has 0 aliphatic carbocycles. The Morgan fingerprint density at radius 3 is 1.57 bits per heavy atom. The fraction of sp³-hybridized carbons (Fsp3) is 0.600. The van der Waals surface area contributed by atoms with E-state index < -0.39 is 105 Å². The van der Waals surface area contributed by atoms with Crippen LogP contribution in [0.1, 0.15) is 25.0 Å². The third-order valence-electron chi connectivity index (χ3n) is 5.88. The summed E-state index contributed by atoms with van der Waals surface area (Å²) in [5.41, 5.74) is -3.03. The van der Waals surface area contributed by atoms with Gasteiger partial charge in [0, 0.05) is 23.5 Å². The number of hydrogen-bond acceptors (Lipinski definition) is 16. The number of aliphatic hydroxyl groups excluding tert-OH is 1. The highest BCUT2D eigenvalue weighted by atomic mass is 31.3. The van der Waals surface area contributed by atoms with E-state index in [1.165, 1.54) is 20.8 Å². The van der Waals surface area contributed by atoms with Gasteiger partial charge in [0.25, 0.3) is 11.1 Å². The summed E-state index contributed by atoms with van der Waals surface area (Å²) >= 11 is 0. The smallest absolute Gasteiger partial charge is 0.394 e. The Kier molecular flexibility index (Phi) is 15.2. The minimum atomic E-state index is -5.93. The number of phosphoric ester groups is 2. The molecular formula is C20H34N4O21P4. The standard InChI is InChI=1S/C20H34N4O21P4/c1-11-5-23(19(28)21-17(11)26)9-39-15(7-25)13(3)42-47(33,34)41-8-16(40-10-24-6-12(2)18(27)22-20(24)29)14(4)43-48(35,36)45-49(37,38)44-46(30,31)32/h5-6,13-16,25H,7-10H2,1-4H3,(H,33,34)(H,35,36)(H,37,38)(H,21,26,28)(H,22,27,29)(H2,30,31,32)/t13-,14-,15-,16-/m1/s1. The van der Waals surface area contributed by atoms with Crippen molar-refractivity contribution in [2.75, 3.05) is 13.2 Å². The maximum absolute atomic E-state index is 12.8. The first-order chi connectivity index (χ1) is 22.3. The van der Waals surface area contributed by atoms with E-state index in [4.69, 9.17) is 28.3 Å². The Bertz CT molecular complexity index is 1880. The van der Waals surface area contributed by atoms with Gasteiger partial charge in [-0.2, -0.15) is 8.62 Å². The van der Waals surface area contributed by atoms with Crippen LogP contribution in [0, 0.1) is 13.8 Å². The number of hydrogen-bond donors (Lipinski definition) is 8. The molecule has 2 aromatic heterocycles. The van der Waals surface area contributed by atoms with Crippen molar-refractivity contribution in [1.29, 1.82) is 0 Å². The molecule has 0 amide bonds. The monoisotopic (exact) mass is 790 g/mol. The quantitative estimate of drug-likeness (QED) is 0.0717. The van der Waals surface area contributed by atoms with Crippen LogP contribution < -0.4 is 22.5 Å². The number of aromatic nitrogens is 4. The van der Waals surface area contributed by atoms with E-state index in [1.54, 1.807) is 0 Å². The second-order valence-electron chi connectivity index (χ2n) is 9.91. The topological polar surface area (TPSA) is 364 Å². The van der Waals surface area contributed by atoms with E-state index in [0.717, 1.165) is 28.5 Å². The van der Waals surface area contributed by atoms with E-state index in [2.05, 4.69) is 13.1 Å². The molecule has 0 saturated heterocycles. The van der Waals surface area contributed by atoms with Gasteiger partial charge in [-0.15, -0.1) is 0 Å². The Balaban J connectivity index is 2.21. The summed E-state index contributed by atoms with van der Waals surface area (Å²) in [6.45, 7) is 1.65. The second kappa shape index (κ2) is 17.3. The lowest BCUT2D eigenvalue weighted by molar-refractivity contribution is -0.0934. The summed E-state index contributed by atoms with van der Waals surface area (Å²) in [5.74, 6) is 0. The largest absolute Gasteiger partial charge is 0.490 e. The van der Waals surface area contributed by atoms with Crippen LogP contribution in [0.4, 0.5) is 0 Å². The fourth-order valence-corrected chi connectivity index (χ4v) is 7.66. The minimum Gasteiger partial charge on any atom is -0.394 e. The lowest BCUT2D eigenvalue weighted by Gasteiger charge is -2.28. The normalized spacial score (nSPS) is 18.5. The molecule has 29 heteroatoms. The van der Waals surface area contributed by atoms with Crippen LogP contribution in [0.15, 0.2) is 31.6 Å². The first-order valence-electron chi connectivity index (χ1n) is 13.3. The van der Waals surface area contributed by atoms with Crippen molar-refractivity contribution < 1.29 is 79.5 Å². The maximum atomic E-state index is 12.8. The lowest BCUT2D eigenvalue weighted by Crippen LogP contribution is -2.37. The predicted molar refractivity (Wildman–Crippen MR) is 160 cm³/mol. The Morgan fingerprint density at radius 1 is 0.694 bits per heavy atom. The molecule has 25 nitrogen and oxygen atoms in total. The first-order valence-corrected chi connectivity index (χ1v) is 19.3. The van der Waals surface area contributed by atoms with E-state index in [0.29, 0.717) is 0 Å². The van der Waals surface area contributed by atoms with Gasteiger partial charge in [-0.3, -0.25) is 42.3 Å². The van der Waals surface area contributed by atoms with E-state index in [1.807, 2.05) is 9.97 Å². The number of rotatable bonds is 20. The zero-order valence-electron chi connectivity index (χ0n) is 25.8. The molecule has 0 radical (unpaired) electrons.